The normalized spacial score (nSPS) is 15.1. The molecule has 0 saturated carbocycles. The molecule has 0 aromatic heterocycles. The first kappa shape index (κ1) is 21.0. The maximum absolute atomic E-state index is 13.1. The van der Waals surface area contributed by atoms with Gasteiger partial charge in [-0.1, -0.05) is 13.0 Å². The van der Waals surface area contributed by atoms with Crippen LogP contribution in [0.2, 0.25) is 0 Å². The van der Waals surface area contributed by atoms with Gasteiger partial charge in [-0.3, -0.25) is 9.59 Å². The van der Waals surface area contributed by atoms with Crippen molar-refractivity contribution >= 4 is 27.5 Å². The summed E-state index contributed by atoms with van der Waals surface area (Å²) in [6.07, 6.45) is 0.523. The molecule has 9 heteroatoms. The van der Waals surface area contributed by atoms with Crippen molar-refractivity contribution in [1.29, 1.82) is 0 Å². The average molecular weight is 417 g/mol. The summed E-state index contributed by atoms with van der Waals surface area (Å²) in [7, 11) is -3.73. The van der Waals surface area contributed by atoms with Gasteiger partial charge in [0.2, 0.25) is 15.9 Å². The number of benzene rings is 2. The van der Waals surface area contributed by atoms with E-state index in [1.807, 2.05) is 6.92 Å². The topological polar surface area (TPSA) is 119 Å². The van der Waals surface area contributed by atoms with Crippen molar-refractivity contribution in [3.05, 3.63) is 59.2 Å². The van der Waals surface area contributed by atoms with Crippen LogP contribution in [0.15, 0.2) is 47.4 Å². The van der Waals surface area contributed by atoms with E-state index in [0.29, 0.717) is 36.4 Å². The Bertz CT molecular complexity index is 1010. The first-order valence-electron chi connectivity index (χ1n) is 9.25. The number of ether oxygens (including phenoxy) is 1. The molecule has 2 aromatic rings. The quantitative estimate of drug-likeness (QED) is 0.740. The van der Waals surface area contributed by atoms with Crippen LogP contribution in [0.4, 0.5) is 5.69 Å². The van der Waals surface area contributed by atoms with Gasteiger partial charge in [-0.05, 0) is 48.4 Å². The fraction of sp³-hybridized carbons (Fsp3) is 0.300. The third kappa shape index (κ3) is 4.64. The van der Waals surface area contributed by atoms with Crippen LogP contribution in [0.5, 0.6) is 0 Å². The number of rotatable bonds is 6. The Labute approximate surface area is 169 Å². The lowest BCUT2D eigenvalue weighted by molar-refractivity contribution is 0.0730. The highest BCUT2D eigenvalue weighted by Gasteiger charge is 2.29. The molecule has 3 rings (SSSR count). The van der Waals surface area contributed by atoms with Gasteiger partial charge in [0.1, 0.15) is 0 Å². The lowest BCUT2D eigenvalue weighted by atomic mass is 10.1. The molecular formula is C20H23N3O5S. The minimum absolute atomic E-state index is 0.138. The molecule has 1 saturated heterocycles. The van der Waals surface area contributed by atoms with Gasteiger partial charge in [0, 0.05) is 29.9 Å². The summed E-state index contributed by atoms with van der Waals surface area (Å²) in [5.74, 6) is -1.01. The van der Waals surface area contributed by atoms with Crippen molar-refractivity contribution in [2.75, 3.05) is 31.6 Å². The summed E-state index contributed by atoms with van der Waals surface area (Å²) in [4.78, 5) is 23.9. The Kier molecular flexibility index (Phi) is 6.31. The average Bonchev–Trinajstić information content (AvgIpc) is 2.74. The summed E-state index contributed by atoms with van der Waals surface area (Å²) in [6.45, 7) is 3.14. The van der Waals surface area contributed by atoms with E-state index in [0.717, 1.165) is 0 Å². The number of hydrogen-bond donors (Lipinski definition) is 2. The predicted molar refractivity (Wildman–Crippen MR) is 108 cm³/mol. The van der Waals surface area contributed by atoms with Crippen molar-refractivity contribution in [1.82, 2.24) is 4.31 Å². The number of sulfonamides is 1. The van der Waals surface area contributed by atoms with Crippen LogP contribution in [-0.2, 0) is 21.2 Å². The standard InChI is InChI=1S/C20H23N3O5S/c1-2-14-3-4-16(13-18(14)29(26,27)23-9-11-28-12-10-23)20(25)22-17-7-5-15(6-8-17)19(21)24/h3-8,13H,2,9-12H2,1H3,(H2,21,24)(H,22,25). The number of aryl methyl sites for hydroxylation is 1. The van der Waals surface area contributed by atoms with Crippen molar-refractivity contribution in [2.24, 2.45) is 5.73 Å². The van der Waals surface area contributed by atoms with Crippen molar-refractivity contribution < 1.29 is 22.7 Å². The number of amides is 2. The van der Waals surface area contributed by atoms with Crippen LogP contribution in [0.3, 0.4) is 0 Å². The van der Waals surface area contributed by atoms with E-state index in [2.05, 4.69) is 5.32 Å². The molecule has 0 radical (unpaired) electrons. The second kappa shape index (κ2) is 8.73. The number of anilines is 1. The lowest BCUT2D eigenvalue weighted by Gasteiger charge is -2.27. The van der Waals surface area contributed by atoms with Gasteiger partial charge in [0.05, 0.1) is 18.1 Å². The van der Waals surface area contributed by atoms with Gasteiger partial charge >= 0.3 is 0 Å². The summed E-state index contributed by atoms with van der Waals surface area (Å²) in [5, 5.41) is 2.70. The number of morpholine rings is 1. The second-order valence-corrected chi connectivity index (χ2v) is 8.49. The zero-order chi connectivity index (χ0) is 21.0. The maximum Gasteiger partial charge on any atom is 0.255 e. The number of hydrogen-bond acceptors (Lipinski definition) is 5. The minimum Gasteiger partial charge on any atom is -0.379 e. The van der Waals surface area contributed by atoms with Gasteiger partial charge in [0.25, 0.3) is 5.91 Å². The third-order valence-corrected chi connectivity index (χ3v) is 6.71. The van der Waals surface area contributed by atoms with Crippen LogP contribution in [0.1, 0.15) is 33.2 Å². The van der Waals surface area contributed by atoms with E-state index in [4.69, 9.17) is 10.5 Å². The fourth-order valence-corrected chi connectivity index (χ4v) is 4.80. The molecule has 1 aliphatic rings. The van der Waals surface area contributed by atoms with Crippen LogP contribution >= 0.6 is 0 Å². The van der Waals surface area contributed by atoms with E-state index in [9.17, 15) is 18.0 Å². The summed E-state index contributed by atoms with van der Waals surface area (Å²) in [5.41, 5.74) is 6.89. The molecule has 0 atom stereocenters. The summed E-state index contributed by atoms with van der Waals surface area (Å²) in [6, 6.07) is 10.8. The first-order valence-corrected chi connectivity index (χ1v) is 10.7. The molecule has 8 nitrogen and oxygen atoms in total. The van der Waals surface area contributed by atoms with Crippen molar-refractivity contribution in [3.8, 4) is 0 Å². The van der Waals surface area contributed by atoms with Gasteiger partial charge < -0.3 is 15.8 Å². The number of primary amides is 1. The number of nitrogens with zero attached hydrogens (tertiary/aromatic N) is 1. The van der Waals surface area contributed by atoms with Gasteiger partial charge in [-0.25, -0.2) is 8.42 Å². The van der Waals surface area contributed by atoms with E-state index in [-0.39, 0.29) is 23.5 Å². The Balaban J connectivity index is 1.87. The highest BCUT2D eigenvalue weighted by molar-refractivity contribution is 7.89. The van der Waals surface area contributed by atoms with Crippen molar-refractivity contribution in [2.45, 2.75) is 18.2 Å². The number of carbonyl (C=O) groups is 2. The van der Waals surface area contributed by atoms with E-state index < -0.39 is 21.8 Å². The number of carbonyl (C=O) groups excluding carboxylic acids is 2. The van der Waals surface area contributed by atoms with Crippen LogP contribution in [-0.4, -0.2) is 50.8 Å². The molecule has 3 N–H and O–H groups in total. The zero-order valence-corrected chi connectivity index (χ0v) is 16.9. The van der Waals surface area contributed by atoms with Gasteiger partial charge in [-0.15, -0.1) is 0 Å². The molecule has 0 spiro atoms. The Morgan fingerprint density at radius 3 is 2.28 bits per heavy atom. The van der Waals surface area contributed by atoms with E-state index in [1.54, 1.807) is 24.3 Å². The molecule has 0 bridgehead atoms. The molecule has 29 heavy (non-hydrogen) atoms. The Morgan fingerprint density at radius 1 is 1.07 bits per heavy atom. The minimum atomic E-state index is -3.73. The highest BCUT2D eigenvalue weighted by atomic mass is 32.2. The summed E-state index contributed by atoms with van der Waals surface area (Å²) >= 11 is 0. The fourth-order valence-electron chi connectivity index (χ4n) is 3.08. The third-order valence-electron chi connectivity index (χ3n) is 4.73. The smallest absolute Gasteiger partial charge is 0.255 e. The maximum atomic E-state index is 13.1. The van der Waals surface area contributed by atoms with Crippen LogP contribution in [0, 0.1) is 0 Å². The van der Waals surface area contributed by atoms with E-state index >= 15 is 0 Å². The number of nitrogens with two attached hydrogens (primary N) is 1. The molecule has 1 heterocycles. The second-order valence-electron chi connectivity index (χ2n) is 6.59. The monoisotopic (exact) mass is 417 g/mol. The number of nitrogens with one attached hydrogen (secondary N) is 1. The largest absolute Gasteiger partial charge is 0.379 e. The summed E-state index contributed by atoms with van der Waals surface area (Å²) < 4.78 is 32.8. The molecule has 154 valence electrons. The molecular weight excluding hydrogens is 394 g/mol. The van der Waals surface area contributed by atoms with Gasteiger partial charge in [-0.2, -0.15) is 4.31 Å². The Hall–Kier alpha value is -2.75. The molecule has 2 amide bonds. The molecule has 2 aromatic carbocycles. The SMILES string of the molecule is CCc1ccc(C(=O)Nc2ccc(C(N)=O)cc2)cc1S(=O)(=O)N1CCOCC1. The molecule has 0 aliphatic carbocycles. The van der Waals surface area contributed by atoms with Crippen LogP contribution < -0.4 is 11.1 Å². The molecule has 0 unspecified atom stereocenters. The zero-order valence-electron chi connectivity index (χ0n) is 16.1. The highest BCUT2D eigenvalue weighted by Crippen LogP contribution is 2.24. The molecule has 1 aliphatic heterocycles. The predicted octanol–water partition coefficient (Wildman–Crippen LogP) is 1.62. The Morgan fingerprint density at radius 2 is 1.69 bits per heavy atom. The van der Waals surface area contributed by atoms with E-state index in [1.165, 1.54) is 22.5 Å². The van der Waals surface area contributed by atoms with Crippen molar-refractivity contribution in [3.63, 3.8) is 0 Å². The van der Waals surface area contributed by atoms with Gasteiger partial charge in [0.15, 0.2) is 0 Å². The first-order chi connectivity index (χ1) is 13.8. The molecule has 1 fully saturated rings. The van der Waals surface area contributed by atoms with Crippen LogP contribution in [0.25, 0.3) is 0 Å². The lowest BCUT2D eigenvalue weighted by Crippen LogP contribution is -2.41.